The summed E-state index contributed by atoms with van der Waals surface area (Å²) in [6, 6.07) is 45.0. The Bertz CT molecular complexity index is 2500. The first-order valence-corrected chi connectivity index (χ1v) is 22.1. The molecule has 1 saturated heterocycles. The van der Waals surface area contributed by atoms with Crippen LogP contribution >= 0.6 is 11.8 Å². The first-order chi connectivity index (χ1) is 29.0. The molecule has 4 atom stereocenters. The second-order valence-electron chi connectivity index (χ2n) is 14.7. The lowest BCUT2D eigenvalue weighted by molar-refractivity contribution is -0.245. The molecule has 0 aliphatic carbocycles. The van der Waals surface area contributed by atoms with E-state index < -0.39 is 34.2 Å². The van der Waals surface area contributed by atoms with Gasteiger partial charge in [-0.25, -0.2) is 13.2 Å². The van der Waals surface area contributed by atoms with Crippen LogP contribution in [0.1, 0.15) is 62.6 Å². The Morgan fingerprint density at radius 2 is 1.43 bits per heavy atom. The van der Waals surface area contributed by atoms with E-state index in [1.807, 2.05) is 116 Å². The van der Waals surface area contributed by atoms with Gasteiger partial charge in [-0.3, -0.25) is 4.79 Å². The van der Waals surface area contributed by atoms with Gasteiger partial charge in [0, 0.05) is 29.2 Å². The molecule has 0 radical (unpaired) electrons. The van der Waals surface area contributed by atoms with E-state index in [1.54, 1.807) is 30.3 Å². The normalized spacial score (nSPS) is 17.1. The number of carboxylic acid groups (broad SMARTS) is 1. The highest BCUT2D eigenvalue weighted by Gasteiger charge is 2.33. The van der Waals surface area contributed by atoms with Crippen molar-refractivity contribution in [2.45, 2.75) is 67.2 Å². The Kier molecular flexibility index (Phi) is 13.9. The SMILES string of the molecule is Cc1ccc(S(=O)(=O)N[C@H](Cc2ccccc2)C(=O)NCc2cccc(-c3ccc([C@@H]4O[C@H](CSc5ccccc5C(=O)O)C[C@H](c5ccc(CO)cc5)O4)cc3)c2)cc1. The standard InChI is InChI=1S/C48H46N2O8S2/c1-32-14-24-41(25-15-32)60(55,56)50-43(27-33-8-3-2-4-9-33)46(52)49-29-35-10-7-11-39(26-35)36-20-22-38(23-21-36)48-57-40(31-59-45-13-6-5-12-42(45)47(53)54)28-44(58-48)37-18-16-34(30-51)17-19-37/h2-26,40,43-44,48,50-51H,27-31H2,1H3,(H,49,52)(H,53,54)/t40-,43+,44+,48+/m0/s1. The number of carboxylic acids is 1. The van der Waals surface area contributed by atoms with Gasteiger partial charge >= 0.3 is 5.97 Å². The molecule has 0 bridgehead atoms. The number of hydrogen-bond donors (Lipinski definition) is 4. The number of nitrogens with one attached hydrogen (secondary N) is 2. The van der Waals surface area contributed by atoms with Crippen molar-refractivity contribution in [2.24, 2.45) is 0 Å². The van der Waals surface area contributed by atoms with Crippen molar-refractivity contribution in [1.29, 1.82) is 0 Å². The van der Waals surface area contributed by atoms with Gasteiger partial charge in [0.05, 0.1) is 29.3 Å². The van der Waals surface area contributed by atoms with Crippen LogP contribution in [0.3, 0.4) is 0 Å². The fourth-order valence-electron chi connectivity index (χ4n) is 6.99. The Hall–Kier alpha value is -5.60. The third-order valence-electron chi connectivity index (χ3n) is 10.3. The number of aromatic carboxylic acids is 1. The van der Waals surface area contributed by atoms with E-state index in [9.17, 15) is 28.2 Å². The third-order valence-corrected chi connectivity index (χ3v) is 13.0. The van der Waals surface area contributed by atoms with Gasteiger partial charge in [0.15, 0.2) is 6.29 Å². The molecule has 60 heavy (non-hydrogen) atoms. The highest BCUT2D eigenvalue weighted by Crippen LogP contribution is 2.40. The van der Waals surface area contributed by atoms with Gasteiger partial charge in [-0.2, -0.15) is 4.72 Å². The molecule has 0 spiro atoms. The lowest BCUT2D eigenvalue weighted by Gasteiger charge is -2.36. The quantitative estimate of drug-likeness (QED) is 0.0705. The second-order valence-corrected chi connectivity index (χ2v) is 17.5. The van der Waals surface area contributed by atoms with Crippen molar-refractivity contribution >= 4 is 33.7 Å². The highest BCUT2D eigenvalue weighted by atomic mass is 32.2. The number of benzene rings is 6. The maximum atomic E-state index is 13.7. The summed E-state index contributed by atoms with van der Waals surface area (Å²) in [6.45, 7) is 2.00. The Morgan fingerprint density at radius 1 is 0.750 bits per heavy atom. The molecule has 12 heteroatoms. The average Bonchev–Trinajstić information content (AvgIpc) is 3.28. The molecule has 0 aromatic heterocycles. The number of carbonyl (C=O) groups excluding carboxylic acids is 1. The van der Waals surface area contributed by atoms with Gasteiger partial charge in [-0.05, 0) is 77.1 Å². The molecular weight excluding hydrogens is 797 g/mol. The maximum absolute atomic E-state index is 13.7. The zero-order valence-electron chi connectivity index (χ0n) is 32.9. The topological polar surface area (TPSA) is 151 Å². The summed E-state index contributed by atoms with van der Waals surface area (Å²) in [6.07, 6.45) is -0.509. The van der Waals surface area contributed by atoms with Crippen LogP contribution in [0.25, 0.3) is 11.1 Å². The van der Waals surface area contributed by atoms with Crippen LogP contribution in [-0.4, -0.2) is 48.4 Å². The zero-order valence-corrected chi connectivity index (χ0v) is 34.6. The average molecular weight is 843 g/mol. The molecule has 0 unspecified atom stereocenters. The minimum absolute atomic E-state index is 0.0577. The van der Waals surface area contributed by atoms with E-state index in [0.717, 1.165) is 44.5 Å². The molecule has 0 saturated carbocycles. The Labute approximate surface area is 354 Å². The first kappa shape index (κ1) is 42.5. The van der Waals surface area contributed by atoms with Crippen LogP contribution < -0.4 is 10.0 Å². The molecule has 1 heterocycles. The number of aliphatic hydroxyl groups excluding tert-OH is 1. The molecule has 6 aromatic carbocycles. The zero-order chi connectivity index (χ0) is 42.1. The summed E-state index contributed by atoms with van der Waals surface area (Å²) in [5.74, 6) is -0.905. The summed E-state index contributed by atoms with van der Waals surface area (Å²) in [7, 11) is -3.98. The van der Waals surface area contributed by atoms with Crippen molar-refractivity contribution in [3.8, 4) is 11.1 Å². The number of thioether (sulfide) groups is 1. The van der Waals surface area contributed by atoms with E-state index in [-0.39, 0.29) is 42.2 Å². The van der Waals surface area contributed by atoms with Gasteiger partial charge in [-0.15, -0.1) is 11.8 Å². The molecule has 4 N–H and O–H groups in total. The van der Waals surface area contributed by atoms with Gasteiger partial charge < -0.3 is 25.0 Å². The second kappa shape index (κ2) is 19.6. The monoisotopic (exact) mass is 842 g/mol. The van der Waals surface area contributed by atoms with Crippen LogP contribution in [0, 0.1) is 6.92 Å². The van der Waals surface area contributed by atoms with Gasteiger partial charge in [0.25, 0.3) is 0 Å². The summed E-state index contributed by atoms with van der Waals surface area (Å²) in [5, 5.41) is 22.2. The van der Waals surface area contributed by atoms with Crippen molar-refractivity contribution in [2.75, 3.05) is 5.75 Å². The molecule has 1 aliphatic rings. The smallest absolute Gasteiger partial charge is 0.336 e. The van der Waals surface area contributed by atoms with Crippen LogP contribution in [0.2, 0.25) is 0 Å². The minimum Gasteiger partial charge on any atom is -0.478 e. The number of amides is 1. The van der Waals surface area contributed by atoms with Crippen molar-refractivity contribution in [3.63, 3.8) is 0 Å². The summed E-state index contributed by atoms with van der Waals surface area (Å²) in [5.41, 5.74) is 7.27. The maximum Gasteiger partial charge on any atom is 0.336 e. The number of ether oxygens (including phenoxy) is 2. The lowest BCUT2D eigenvalue weighted by atomic mass is 9.99. The molecule has 10 nitrogen and oxygen atoms in total. The summed E-state index contributed by atoms with van der Waals surface area (Å²) in [4.78, 5) is 26.3. The predicted octanol–water partition coefficient (Wildman–Crippen LogP) is 8.40. The van der Waals surface area contributed by atoms with Crippen molar-refractivity contribution in [1.82, 2.24) is 10.0 Å². The van der Waals surface area contributed by atoms with Gasteiger partial charge in [-0.1, -0.05) is 127 Å². The Balaban J connectivity index is 1.04. The van der Waals surface area contributed by atoms with Crippen molar-refractivity contribution in [3.05, 3.63) is 191 Å². The van der Waals surface area contributed by atoms with Gasteiger partial charge in [0.2, 0.25) is 15.9 Å². The minimum atomic E-state index is -3.98. The predicted molar refractivity (Wildman–Crippen MR) is 232 cm³/mol. The molecular formula is C48H46N2O8S2. The molecule has 1 amide bonds. The molecule has 308 valence electrons. The van der Waals surface area contributed by atoms with Crippen LogP contribution in [0.4, 0.5) is 0 Å². The number of sulfonamides is 1. The number of rotatable bonds is 16. The summed E-state index contributed by atoms with van der Waals surface area (Å²) < 4.78 is 42.4. The van der Waals surface area contributed by atoms with Crippen molar-refractivity contribution < 1.29 is 37.7 Å². The number of hydrogen-bond acceptors (Lipinski definition) is 8. The van der Waals surface area contributed by atoms with E-state index in [0.29, 0.717) is 17.1 Å². The number of aryl methyl sites for hydroxylation is 1. The van der Waals surface area contributed by atoms with E-state index in [4.69, 9.17) is 9.47 Å². The van der Waals surface area contributed by atoms with Crippen LogP contribution in [0.15, 0.2) is 161 Å². The molecule has 1 aliphatic heterocycles. The first-order valence-electron chi connectivity index (χ1n) is 19.6. The molecule has 7 rings (SSSR count). The van der Waals surface area contributed by atoms with Crippen LogP contribution in [-0.2, 0) is 43.9 Å². The van der Waals surface area contributed by atoms with Crippen LogP contribution in [0.5, 0.6) is 0 Å². The highest BCUT2D eigenvalue weighted by molar-refractivity contribution is 7.99. The number of aliphatic hydroxyl groups is 1. The lowest BCUT2D eigenvalue weighted by Crippen LogP contribution is -2.47. The molecule has 6 aromatic rings. The molecule has 1 fully saturated rings. The fraction of sp³-hybridized carbons (Fsp3) is 0.208. The van der Waals surface area contributed by atoms with E-state index >= 15 is 0 Å². The van der Waals surface area contributed by atoms with E-state index in [1.165, 1.54) is 23.9 Å². The number of carbonyl (C=O) groups is 2. The Morgan fingerprint density at radius 3 is 2.15 bits per heavy atom. The fourth-order valence-corrected chi connectivity index (χ4v) is 9.25. The largest absolute Gasteiger partial charge is 0.478 e. The summed E-state index contributed by atoms with van der Waals surface area (Å²) >= 11 is 1.44. The van der Waals surface area contributed by atoms with Gasteiger partial charge in [0.1, 0.15) is 6.04 Å². The van der Waals surface area contributed by atoms with E-state index in [2.05, 4.69) is 10.0 Å². The third kappa shape index (κ3) is 11.0.